The predicted molar refractivity (Wildman–Crippen MR) is 94.2 cm³/mol. The number of esters is 1. The molecule has 140 valence electrons. The Morgan fingerprint density at radius 3 is 2.83 bits per heavy atom. The Labute approximate surface area is 145 Å². The van der Waals surface area contributed by atoms with E-state index in [0.29, 0.717) is 39.5 Å². The number of piperidine rings is 1. The number of ether oxygens (including phenoxy) is 3. The van der Waals surface area contributed by atoms with Gasteiger partial charge in [-0.15, -0.1) is 0 Å². The van der Waals surface area contributed by atoms with E-state index in [4.69, 9.17) is 14.2 Å². The largest absolute Gasteiger partial charge is 0.466 e. The van der Waals surface area contributed by atoms with Crippen molar-refractivity contribution in [1.82, 2.24) is 10.2 Å². The van der Waals surface area contributed by atoms with Gasteiger partial charge in [0.1, 0.15) is 0 Å². The molecule has 0 amide bonds. The highest BCUT2D eigenvalue weighted by molar-refractivity contribution is 5.81. The number of aliphatic imine (C=N–C) groups is 1. The molecule has 0 radical (unpaired) electrons. The minimum Gasteiger partial charge on any atom is -0.466 e. The summed E-state index contributed by atoms with van der Waals surface area (Å²) >= 11 is 0. The van der Waals surface area contributed by atoms with Gasteiger partial charge in [-0.1, -0.05) is 0 Å². The highest BCUT2D eigenvalue weighted by Gasteiger charge is 2.28. The number of hydrogen-bond donors (Lipinski definition) is 1. The van der Waals surface area contributed by atoms with Crippen molar-refractivity contribution in [2.75, 3.05) is 59.7 Å². The van der Waals surface area contributed by atoms with Gasteiger partial charge in [-0.05, 0) is 33.1 Å². The van der Waals surface area contributed by atoms with Crippen molar-refractivity contribution in [3.8, 4) is 0 Å². The molecule has 0 aromatic carbocycles. The number of nitrogens with one attached hydrogen (secondary N) is 1. The summed E-state index contributed by atoms with van der Waals surface area (Å²) in [5.74, 6) is 0.730. The van der Waals surface area contributed by atoms with E-state index >= 15 is 0 Å². The van der Waals surface area contributed by atoms with Crippen molar-refractivity contribution in [2.24, 2.45) is 10.9 Å². The Bertz CT molecular complexity index is 377. The fourth-order valence-corrected chi connectivity index (χ4v) is 2.64. The molecule has 0 saturated carbocycles. The molecule has 1 aliphatic heterocycles. The minimum atomic E-state index is -0.0930. The zero-order valence-corrected chi connectivity index (χ0v) is 15.4. The van der Waals surface area contributed by atoms with Gasteiger partial charge in [-0.25, -0.2) is 0 Å². The monoisotopic (exact) mass is 343 g/mol. The molecule has 7 heteroatoms. The molecule has 1 aliphatic rings. The minimum absolute atomic E-state index is 0.0556. The summed E-state index contributed by atoms with van der Waals surface area (Å²) < 4.78 is 15.5. The van der Waals surface area contributed by atoms with Crippen LogP contribution in [0.2, 0.25) is 0 Å². The van der Waals surface area contributed by atoms with Gasteiger partial charge in [-0.2, -0.15) is 0 Å². The number of hydrogen-bond acceptors (Lipinski definition) is 5. The normalized spacial score (nSPS) is 18.5. The molecule has 0 spiro atoms. The van der Waals surface area contributed by atoms with E-state index in [0.717, 1.165) is 38.3 Å². The van der Waals surface area contributed by atoms with Crippen LogP contribution in [0.25, 0.3) is 0 Å². The van der Waals surface area contributed by atoms with Gasteiger partial charge in [0.15, 0.2) is 5.96 Å². The number of nitrogens with zero attached hydrogens (tertiary/aromatic N) is 2. The number of carbonyl (C=O) groups excluding carboxylic acids is 1. The summed E-state index contributed by atoms with van der Waals surface area (Å²) in [6, 6.07) is 0. The molecule has 1 saturated heterocycles. The van der Waals surface area contributed by atoms with Crippen molar-refractivity contribution in [1.29, 1.82) is 0 Å². The number of likely N-dealkylation sites (tertiary alicyclic amines) is 1. The summed E-state index contributed by atoms with van der Waals surface area (Å²) in [7, 11) is 1.67. The molecule has 1 heterocycles. The van der Waals surface area contributed by atoms with Crippen molar-refractivity contribution < 1.29 is 19.0 Å². The van der Waals surface area contributed by atoms with E-state index in [1.165, 1.54) is 0 Å². The second-order valence-electron chi connectivity index (χ2n) is 5.73. The lowest BCUT2D eigenvalue weighted by molar-refractivity contribution is -0.149. The maximum atomic E-state index is 12.0. The van der Waals surface area contributed by atoms with Crippen molar-refractivity contribution in [3.05, 3.63) is 0 Å². The first kappa shape index (κ1) is 20.7. The average molecular weight is 343 g/mol. The first-order valence-corrected chi connectivity index (χ1v) is 8.99. The van der Waals surface area contributed by atoms with Gasteiger partial charge in [0.05, 0.1) is 25.7 Å². The molecule has 0 bridgehead atoms. The third-order valence-electron chi connectivity index (χ3n) is 3.82. The van der Waals surface area contributed by atoms with Crippen LogP contribution in [0, 0.1) is 5.92 Å². The zero-order chi connectivity index (χ0) is 17.6. The third kappa shape index (κ3) is 7.97. The van der Waals surface area contributed by atoms with E-state index in [2.05, 4.69) is 22.1 Å². The summed E-state index contributed by atoms with van der Waals surface area (Å²) in [5, 5.41) is 3.32. The predicted octanol–water partition coefficient (Wildman–Crippen LogP) is 1.28. The standard InChI is InChI=1S/C17H33N3O4/c1-4-18-17(19-9-7-11-23-13-12-22-3)20-10-6-8-15(14-20)16(21)24-5-2/h15H,4-14H2,1-3H3,(H,18,19)/t15-/m1/s1. The Balaban J connectivity index is 2.44. The molecule has 24 heavy (non-hydrogen) atoms. The fourth-order valence-electron chi connectivity index (χ4n) is 2.64. The quantitative estimate of drug-likeness (QED) is 0.279. The SMILES string of the molecule is CCNC(=NCCCOCCOC)N1CCC[C@@H](C(=O)OCC)C1. The maximum Gasteiger partial charge on any atom is 0.310 e. The van der Waals surface area contributed by atoms with Crippen molar-refractivity contribution in [3.63, 3.8) is 0 Å². The highest BCUT2D eigenvalue weighted by Crippen LogP contribution is 2.18. The van der Waals surface area contributed by atoms with E-state index in [-0.39, 0.29) is 11.9 Å². The average Bonchev–Trinajstić information content (AvgIpc) is 2.60. The van der Waals surface area contributed by atoms with Crippen LogP contribution in [0.1, 0.15) is 33.1 Å². The van der Waals surface area contributed by atoms with Gasteiger partial charge in [-0.3, -0.25) is 9.79 Å². The molecule has 0 aromatic heterocycles. The first-order chi connectivity index (χ1) is 11.7. The van der Waals surface area contributed by atoms with Crippen LogP contribution < -0.4 is 5.32 Å². The molecular weight excluding hydrogens is 310 g/mol. The molecule has 1 N–H and O–H groups in total. The van der Waals surface area contributed by atoms with Gasteiger partial charge >= 0.3 is 5.97 Å². The Morgan fingerprint density at radius 1 is 1.29 bits per heavy atom. The number of guanidine groups is 1. The lowest BCUT2D eigenvalue weighted by Crippen LogP contribution is -2.48. The molecule has 1 rings (SSSR count). The van der Waals surface area contributed by atoms with Gasteiger partial charge in [0.25, 0.3) is 0 Å². The topological polar surface area (TPSA) is 72.4 Å². The fraction of sp³-hybridized carbons (Fsp3) is 0.882. The second kappa shape index (κ2) is 13.0. The third-order valence-corrected chi connectivity index (χ3v) is 3.82. The molecule has 7 nitrogen and oxygen atoms in total. The van der Waals surface area contributed by atoms with Gasteiger partial charge < -0.3 is 24.4 Å². The molecule has 0 unspecified atom stereocenters. The zero-order valence-electron chi connectivity index (χ0n) is 15.4. The van der Waals surface area contributed by atoms with E-state index in [1.54, 1.807) is 7.11 Å². The highest BCUT2D eigenvalue weighted by atomic mass is 16.5. The van der Waals surface area contributed by atoms with E-state index < -0.39 is 0 Å². The van der Waals surface area contributed by atoms with Crippen molar-refractivity contribution in [2.45, 2.75) is 33.1 Å². The van der Waals surface area contributed by atoms with Crippen molar-refractivity contribution >= 4 is 11.9 Å². The Morgan fingerprint density at radius 2 is 2.12 bits per heavy atom. The molecule has 1 atom stereocenters. The lowest BCUT2D eigenvalue weighted by Gasteiger charge is -2.34. The summed E-state index contributed by atoms with van der Waals surface area (Å²) in [6.07, 6.45) is 2.74. The van der Waals surface area contributed by atoms with Crippen LogP contribution in [0.15, 0.2) is 4.99 Å². The number of carbonyl (C=O) groups is 1. The summed E-state index contributed by atoms with van der Waals surface area (Å²) in [6.45, 7) is 9.36. The van der Waals surface area contributed by atoms with E-state index in [1.807, 2.05) is 6.92 Å². The van der Waals surface area contributed by atoms with Crippen LogP contribution in [-0.2, 0) is 19.0 Å². The number of rotatable bonds is 10. The summed E-state index contributed by atoms with van der Waals surface area (Å²) in [4.78, 5) is 18.8. The van der Waals surface area contributed by atoms with Gasteiger partial charge in [0, 0.05) is 39.9 Å². The second-order valence-corrected chi connectivity index (χ2v) is 5.73. The van der Waals surface area contributed by atoms with Crippen LogP contribution in [0.3, 0.4) is 0 Å². The molecule has 0 aromatic rings. The van der Waals surface area contributed by atoms with Crippen LogP contribution in [0.4, 0.5) is 0 Å². The molecular formula is C17H33N3O4. The maximum absolute atomic E-state index is 12.0. The Kier molecular flexibility index (Phi) is 11.2. The van der Waals surface area contributed by atoms with Crippen LogP contribution in [0.5, 0.6) is 0 Å². The van der Waals surface area contributed by atoms with Crippen LogP contribution >= 0.6 is 0 Å². The smallest absolute Gasteiger partial charge is 0.310 e. The first-order valence-electron chi connectivity index (χ1n) is 8.99. The molecule has 0 aliphatic carbocycles. The molecule has 1 fully saturated rings. The number of methoxy groups -OCH3 is 1. The van der Waals surface area contributed by atoms with Gasteiger partial charge in [0.2, 0.25) is 0 Å². The van der Waals surface area contributed by atoms with Crippen LogP contribution in [-0.4, -0.2) is 76.5 Å². The summed E-state index contributed by atoms with van der Waals surface area (Å²) in [5.41, 5.74) is 0. The lowest BCUT2D eigenvalue weighted by atomic mass is 9.98. The Hall–Kier alpha value is -1.34. The van der Waals surface area contributed by atoms with E-state index in [9.17, 15) is 4.79 Å².